The van der Waals surface area contributed by atoms with Gasteiger partial charge in [-0.05, 0) is 36.4 Å². The van der Waals surface area contributed by atoms with E-state index in [1.54, 1.807) is 18.2 Å². The molecule has 3 rings (SSSR count). The van der Waals surface area contributed by atoms with Gasteiger partial charge in [0.1, 0.15) is 11.6 Å². The molecular weight excluding hydrogens is 342 g/mol. The quantitative estimate of drug-likeness (QED) is 0.709. The van der Waals surface area contributed by atoms with Crippen molar-refractivity contribution in [3.63, 3.8) is 0 Å². The van der Waals surface area contributed by atoms with E-state index in [4.69, 9.17) is 0 Å². The van der Waals surface area contributed by atoms with Crippen LogP contribution in [0.3, 0.4) is 0 Å². The lowest BCUT2D eigenvalue weighted by atomic mass is 10.2. The highest BCUT2D eigenvalue weighted by Gasteiger charge is 2.08. The molecule has 1 aromatic heterocycles. The van der Waals surface area contributed by atoms with Crippen LogP contribution in [0.5, 0.6) is 0 Å². The maximum atomic E-state index is 13.6. The van der Waals surface area contributed by atoms with Crippen molar-refractivity contribution in [3.8, 4) is 0 Å². The van der Waals surface area contributed by atoms with Gasteiger partial charge in [0.15, 0.2) is 0 Å². The number of nitrogens with zero attached hydrogens (tertiary/aromatic N) is 2. The van der Waals surface area contributed by atoms with Gasteiger partial charge in [-0.2, -0.15) is 0 Å². The molecule has 0 amide bonds. The molecule has 106 valence electrons. The monoisotopic (exact) mass is 350 g/mol. The summed E-state index contributed by atoms with van der Waals surface area (Å²) < 4.78 is 28.9. The van der Waals surface area contributed by atoms with Crippen molar-refractivity contribution in [1.82, 2.24) is 9.55 Å². The molecule has 0 unspecified atom stereocenters. The number of hydrogen-bond donors (Lipinski definition) is 0. The van der Waals surface area contributed by atoms with E-state index in [-0.39, 0.29) is 17.7 Å². The van der Waals surface area contributed by atoms with E-state index in [0.29, 0.717) is 10.9 Å². The Balaban J connectivity index is 2.09. The summed E-state index contributed by atoms with van der Waals surface area (Å²) in [7, 11) is 0. The van der Waals surface area contributed by atoms with Gasteiger partial charge in [-0.3, -0.25) is 9.36 Å². The van der Waals surface area contributed by atoms with E-state index in [0.717, 1.165) is 22.7 Å². The molecular formula is C15H9BrF2N2O. The zero-order valence-electron chi connectivity index (χ0n) is 10.7. The maximum Gasteiger partial charge on any atom is 0.261 e. The molecule has 0 saturated heterocycles. The van der Waals surface area contributed by atoms with Gasteiger partial charge in [0.25, 0.3) is 5.56 Å². The van der Waals surface area contributed by atoms with Gasteiger partial charge in [0, 0.05) is 10.0 Å². The topological polar surface area (TPSA) is 34.9 Å². The van der Waals surface area contributed by atoms with Crippen LogP contribution in [-0.4, -0.2) is 9.55 Å². The second kappa shape index (κ2) is 5.37. The van der Waals surface area contributed by atoms with Crippen LogP contribution in [0.15, 0.2) is 52.0 Å². The third kappa shape index (κ3) is 2.71. The smallest absolute Gasteiger partial charge is 0.261 e. The van der Waals surface area contributed by atoms with Crippen LogP contribution in [0, 0.1) is 11.6 Å². The predicted molar refractivity (Wildman–Crippen MR) is 79.2 cm³/mol. The van der Waals surface area contributed by atoms with E-state index in [2.05, 4.69) is 20.9 Å². The zero-order valence-corrected chi connectivity index (χ0v) is 12.3. The normalized spacial score (nSPS) is 11.0. The van der Waals surface area contributed by atoms with Gasteiger partial charge in [-0.25, -0.2) is 13.8 Å². The Kier molecular flexibility index (Phi) is 3.55. The highest BCUT2D eigenvalue weighted by atomic mass is 79.9. The third-order valence-corrected chi connectivity index (χ3v) is 3.63. The van der Waals surface area contributed by atoms with Gasteiger partial charge in [-0.1, -0.05) is 15.9 Å². The number of rotatable bonds is 2. The van der Waals surface area contributed by atoms with E-state index >= 15 is 0 Å². The van der Waals surface area contributed by atoms with Gasteiger partial charge < -0.3 is 0 Å². The van der Waals surface area contributed by atoms with Crippen molar-refractivity contribution in [2.45, 2.75) is 6.54 Å². The van der Waals surface area contributed by atoms with Gasteiger partial charge in [-0.15, -0.1) is 0 Å². The summed E-state index contributed by atoms with van der Waals surface area (Å²) in [6.45, 7) is -0.0680. The van der Waals surface area contributed by atoms with Crippen LogP contribution in [-0.2, 0) is 6.54 Å². The number of halogens is 3. The summed E-state index contributed by atoms with van der Waals surface area (Å²) in [6.07, 6.45) is 1.33. The predicted octanol–water partition coefficient (Wildman–Crippen LogP) is 3.49. The van der Waals surface area contributed by atoms with Crippen LogP contribution in [0.25, 0.3) is 10.9 Å². The molecule has 2 aromatic carbocycles. The second-order valence-electron chi connectivity index (χ2n) is 4.57. The van der Waals surface area contributed by atoms with Crippen LogP contribution in [0.4, 0.5) is 8.78 Å². The largest absolute Gasteiger partial charge is 0.294 e. The minimum atomic E-state index is -0.556. The number of aromatic nitrogens is 2. The molecule has 3 aromatic rings. The van der Waals surface area contributed by atoms with Gasteiger partial charge in [0.05, 0.1) is 23.8 Å². The lowest BCUT2D eigenvalue weighted by Crippen LogP contribution is -2.21. The lowest BCUT2D eigenvalue weighted by Gasteiger charge is -2.08. The van der Waals surface area contributed by atoms with E-state index < -0.39 is 11.6 Å². The number of fused-ring (bicyclic) bond motifs is 1. The Bertz CT molecular complexity index is 892. The first kappa shape index (κ1) is 13.9. The summed E-state index contributed by atoms with van der Waals surface area (Å²) >= 11 is 3.31. The molecule has 0 N–H and O–H groups in total. The SMILES string of the molecule is O=c1c2ccc(Br)cc2ncn1Cc1cc(F)ccc1F. The number of hydrogen-bond acceptors (Lipinski definition) is 2. The van der Waals surface area contributed by atoms with E-state index in [1.807, 2.05) is 0 Å². The first-order valence-electron chi connectivity index (χ1n) is 6.13. The molecule has 0 saturated carbocycles. The Morgan fingerprint density at radius 3 is 2.76 bits per heavy atom. The number of benzene rings is 2. The molecule has 0 bridgehead atoms. The Hall–Kier alpha value is -2.08. The molecule has 1 heterocycles. The standard InChI is InChI=1S/C15H9BrF2N2O/c16-10-1-3-12-14(6-10)19-8-20(15(12)21)7-9-5-11(17)2-4-13(9)18/h1-6,8H,7H2. The molecule has 0 fully saturated rings. The van der Waals surface area contributed by atoms with E-state index in [9.17, 15) is 13.6 Å². The van der Waals surface area contributed by atoms with Crippen LogP contribution >= 0.6 is 15.9 Å². The maximum absolute atomic E-state index is 13.6. The molecule has 3 nitrogen and oxygen atoms in total. The third-order valence-electron chi connectivity index (χ3n) is 3.14. The molecule has 0 spiro atoms. The molecule has 0 aliphatic rings. The summed E-state index contributed by atoms with van der Waals surface area (Å²) in [5.41, 5.74) is 0.358. The van der Waals surface area contributed by atoms with E-state index in [1.165, 1.54) is 10.9 Å². The Labute approximate surface area is 127 Å². The minimum Gasteiger partial charge on any atom is -0.294 e. The molecule has 6 heteroatoms. The fraction of sp³-hybridized carbons (Fsp3) is 0.0667. The van der Waals surface area contributed by atoms with Crippen molar-refractivity contribution in [1.29, 1.82) is 0 Å². The zero-order chi connectivity index (χ0) is 15.0. The first-order valence-corrected chi connectivity index (χ1v) is 6.92. The summed E-state index contributed by atoms with van der Waals surface area (Å²) in [5, 5.41) is 0.428. The molecule has 0 aliphatic carbocycles. The molecule has 21 heavy (non-hydrogen) atoms. The minimum absolute atomic E-state index is 0.0680. The Morgan fingerprint density at radius 2 is 1.95 bits per heavy atom. The van der Waals surface area contributed by atoms with Crippen LogP contribution in [0.2, 0.25) is 0 Å². The fourth-order valence-electron chi connectivity index (χ4n) is 2.09. The first-order chi connectivity index (χ1) is 10.0. The lowest BCUT2D eigenvalue weighted by molar-refractivity contribution is 0.574. The van der Waals surface area contributed by atoms with Crippen LogP contribution < -0.4 is 5.56 Å². The van der Waals surface area contributed by atoms with Crippen molar-refractivity contribution in [2.24, 2.45) is 0 Å². The summed E-state index contributed by atoms with van der Waals surface area (Å²) in [4.78, 5) is 16.5. The van der Waals surface area contributed by atoms with Gasteiger partial charge in [0.2, 0.25) is 0 Å². The highest BCUT2D eigenvalue weighted by molar-refractivity contribution is 9.10. The van der Waals surface area contributed by atoms with Crippen molar-refractivity contribution in [3.05, 3.63) is 74.7 Å². The molecule has 0 radical (unpaired) electrons. The fourth-order valence-corrected chi connectivity index (χ4v) is 2.44. The second-order valence-corrected chi connectivity index (χ2v) is 5.49. The average Bonchev–Trinajstić information content (AvgIpc) is 2.45. The highest BCUT2D eigenvalue weighted by Crippen LogP contribution is 2.16. The van der Waals surface area contributed by atoms with Gasteiger partial charge >= 0.3 is 0 Å². The molecule has 0 atom stereocenters. The Morgan fingerprint density at radius 1 is 1.14 bits per heavy atom. The summed E-state index contributed by atoms with van der Waals surface area (Å²) in [5.74, 6) is -1.10. The summed E-state index contributed by atoms with van der Waals surface area (Å²) in [6, 6.07) is 8.27. The van der Waals surface area contributed by atoms with Crippen molar-refractivity contribution >= 4 is 26.8 Å². The average molecular weight is 351 g/mol. The molecule has 0 aliphatic heterocycles. The van der Waals surface area contributed by atoms with Crippen molar-refractivity contribution < 1.29 is 8.78 Å². The van der Waals surface area contributed by atoms with Crippen LogP contribution in [0.1, 0.15) is 5.56 Å². The van der Waals surface area contributed by atoms with Crippen molar-refractivity contribution in [2.75, 3.05) is 0 Å².